The van der Waals surface area contributed by atoms with Crippen molar-refractivity contribution in [3.05, 3.63) is 65.7 Å². The maximum atomic E-state index is 12.1. The van der Waals surface area contributed by atoms with E-state index in [-0.39, 0.29) is 11.8 Å². The predicted octanol–water partition coefficient (Wildman–Crippen LogP) is 4.05. The molecule has 0 radical (unpaired) electrons. The van der Waals surface area contributed by atoms with Gasteiger partial charge in [0.1, 0.15) is 0 Å². The monoisotopic (exact) mass is 323 g/mol. The highest BCUT2D eigenvalue weighted by molar-refractivity contribution is 5.94. The van der Waals surface area contributed by atoms with Crippen LogP contribution < -0.4 is 10.3 Å². The first-order chi connectivity index (χ1) is 11.7. The third-order valence-corrected chi connectivity index (χ3v) is 4.05. The van der Waals surface area contributed by atoms with Crippen molar-refractivity contribution in [1.82, 2.24) is 5.43 Å². The molecule has 126 valence electrons. The second-order valence-corrected chi connectivity index (χ2v) is 5.64. The Labute approximate surface area is 144 Å². The fraction of sp³-hybridized carbons (Fsp3) is 0.300. The van der Waals surface area contributed by atoms with Gasteiger partial charge in [-0.2, -0.15) is 5.10 Å². The number of anilines is 1. The average molecular weight is 323 g/mol. The lowest BCUT2D eigenvalue weighted by molar-refractivity contribution is 0.0955. The molecule has 0 aliphatic rings. The number of amides is 1. The molecule has 0 spiro atoms. The van der Waals surface area contributed by atoms with Crippen LogP contribution >= 0.6 is 0 Å². The van der Waals surface area contributed by atoms with E-state index in [1.54, 1.807) is 6.21 Å². The van der Waals surface area contributed by atoms with Gasteiger partial charge in [-0.25, -0.2) is 5.43 Å². The molecule has 0 saturated heterocycles. The van der Waals surface area contributed by atoms with Crippen molar-refractivity contribution in [2.24, 2.45) is 5.10 Å². The molecule has 0 fully saturated rings. The molecule has 0 aromatic heterocycles. The average Bonchev–Trinajstić information content (AvgIpc) is 2.64. The molecular weight excluding hydrogens is 298 g/mol. The van der Waals surface area contributed by atoms with Crippen LogP contribution in [0.15, 0.2) is 59.7 Å². The highest BCUT2D eigenvalue weighted by Crippen LogP contribution is 2.15. The fourth-order valence-corrected chi connectivity index (χ4v) is 2.53. The Kier molecular flexibility index (Phi) is 6.55. The van der Waals surface area contributed by atoms with Gasteiger partial charge in [-0.15, -0.1) is 0 Å². The van der Waals surface area contributed by atoms with Crippen molar-refractivity contribution in [1.29, 1.82) is 0 Å². The van der Waals surface area contributed by atoms with E-state index in [2.05, 4.69) is 29.3 Å². The third kappa shape index (κ3) is 4.69. The SMILES string of the molecule is CCN(CC)c1ccc(C(=O)N/N=C\[C@H](C)c2ccccc2)cc1. The van der Waals surface area contributed by atoms with Crippen molar-refractivity contribution in [3.63, 3.8) is 0 Å². The van der Waals surface area contributed by atoms with Gasteiger partial charge in [0, 0.05) is 36.5 Å². The summed E-state index contributed by atoms with van der Waals surface area (Å²) in [5.41, 5.74) is 5.49. The molecule has 0 saturated carbocycles. The maximum absolute atomic E-state index is 12.1. The van der Waals surface area contributed by atoms with Crippen LogP contribution in [0.3, 0.4) is 0 Å². The summed E-state index contributed by atoms with van der Waals surface area (Å²) in [4.78, 5) is 14.4. The Balaban J connectivity index is 1.94. The zero-order valence-electron chi connectivity index (χ0n) is 14.6. The number of rotatable bonds is 7. The predicted molar refractivity (Wildman–Crippen MR) is 101 cm³/mol. The molecular formula is C20H25N3O. The molecule has 1 N–H and O–H groups in total. The lowest BCUT2D eigenvalue weighted by Gasteiger charge is -2.20. The normalized spacial score (nSPS) is 12.1. The highest BCUT2D eigenvalue weighted by atomic mass is 16.2. The van der Waals surface area contributed by atoms with Crippen LogP contribution in [0, 0.1) is 0 Å². The molecule has 0 heterocycles. The molecule has 4 nitrogen and oxygen atoms in total. The van der Waals surface area contributed by atoms with Crippen molar-refractivity contribution in [2.45, 2.75) is 26.7 Å². The van der Waals surface area contributed by atoms with Gasteiger partial charge in [0.2, 0.25) is 0 Å². The molecule has 0 aliphatic carbocycles. The van der Waals surface area contributed by atoms with E-state index in [4.69, 9.17) is 0 Å². The molecule has 0 bridgehead atoms. The first-order valence-electron chi connectivity index (χ1n) is 8.39. The zero-order chi connectivity index (χ0) is 17.4. The van der Waals surface area contributed by atoms with Gasteiger partial charge in [-0.05, 0) is 43.7 Å². The maximum Gasteiger partial charge on any atom is 0.271 e. The van der Waals surface area contributed by atoms with Crippen molar-refractivity contribution >= 4 is 17.8 Å². The summed E-state index contributed by atoms with van der Waals surface area (Å²) in [6.07, 6.45) is 1.75. The van der Waals surface area contributed by atoms with Gasteiger partial charge in [0.25, 0.3) is 5.91 Å². The van der Waals surface area contributed by atoms with E-state index in [1.807, 2.05) is 61.5 Å². The lowest BCUT2D eigenvalue weighted by atomic mass is 10.0. The fourth-order valence-electron chi connectivity index (χ4n) is 2.53. The summed E-state index contributed by atoms with van der Waals surface area (Å²) in [6, 6.07) is 17.7. The summed E-state index contributed by atoms with van der Waals surface area (Å²) >= 11 is 0. The number of hydrogen-bond donors (Lipinski definition) is 1. The van der Waals surface area contributed by atoms with Crippen LogP contribution in [0.5, 0.6) is 0 Å². The second-order valence-electron chi connectivity index (χ2n) is 5.64. The summed E-state index contributed by atoms with van der Waals surface area (Å²) in [6.45, 7) is 8.18. The standard InChI is InChI=1S/C20H25N3O/c1-4-23(5-2)19-13-11-18(12-14-19)20(24)22-21-15-16(3)17-9-7-6-8-10-17/h6-16H,4-5H2,1-3H3,(H,22,24)/b21-15-/t16-/m0/s1. The van der Waals surface area contributed by atoms with E-state index in [9.17, 15) is 4.79 Å². The van der Waals surface area contributed by atoms with Crippen molar-refractivity contribution in [2.75, 3.05) is 18.0 Å². The number of nitrogens with zero attached hydrogens (tertiary/aromatic N) is 2. The second kappa shape index (κ2) is 8.87. The Bertz CT molecular complexity index is 661. The van der Waals surface area contributed by atoms with Crippen LogP contribution in [0.2, 0.25) is 0 Å². The molecule has 0 aliphatic heterocycles. The van der Waals surface area contributed by atoms with Gasteiger partial charge < -0.3 is 4.90 Å². The van der Waals surface area contributed by atoms with Crippen LogP contribution in [0.4, 0.5) is 5.69 Å². The van der Waals surface area contributed by atoms with Gasteiger partial charge in [-0.1, -0.05) is 37.3 Å². The first-order valence-corrected chi connectivity index (χ1v) is 8.39. The summed E-state index contributed by atoms with van der Waals surface area (Å²) < 4.78 is 0. The number of hydrazone groups is 1. The van der Waals surface area contributed by atoms with Crippen molar-refractivity contribution < 1.29 is 4.79 Å². The Hall–Kier alpha value is -2.62. The third-order valence-electron chi connectivity index (χ3n) is 4.05. The Morgan fingerprint density at radius 2 is 1.71 bits per heavy atom. The number of benzene rings is 2. The molecule has 0 unspecified atom stereocenters. The molecule has 1 atom stereocenters. The minimum Gasteiger partial charge on any atom is -0.372 e. The largest absolute Gasteiger partial charge is 0.372 e. The molecule has 4 heteroatoms. The van der Waals surface area contributed by atoms with Gasteiger partial charge in [0.15, 0.2) is 0 Å². The number of nitrogens with one attached hydrogen (secondary N) is 1. The van der Waals surface area contributed by atoms with Crippen LogP contribution in [-0.4, -0.2) is 25.2 Å². The van der Waals surface area contributed by atoms with E-state index < -0.39 is 0 Å². The highest BCUT2D eigenvalue weighted by Gasteiger charge is 2.07. The number of hydrogen-bond acceptors (Lipinski definition) is 3. The van der Waals surface area contributed by atoms with Gasteiger partial charge >= 0.3 is 0 Å². The van der Waals surface area contributed by atoms with Crippen LogP contribution in [-0.2, 0) is 0 Å². The zero-order valence-corrected chi connectivity index (χ0v) is 14.6. The minimum absolute atomic E-state index is 0.150. The summed E-state index contributed by atoms with van der Waals surface area (Å²) in [7, 11) is 0. The minimum atomic E-state index is -0.197. The Morgan fingerprint density at radius 3 is 2.29 bits per heavy atom. The molecule has 1 amide bonds. The number of carbonyl (C=O) groups is 1. The Morgan fingerprint density at radius 1 is 1.08 bits per heavy atom. The summed E-state index contributed by atoms with van der Waals surface area (Å²) in [5, 5.41) is 4.08. The first kappa shape index (κ1) is 17.7. The molecule has 24 heavy (non-hydrogen) atoms. The topological polar surface area (TPSA) is 44.7 Å². The quantitative estimate of drug-likeness (QED) is 0.617. The van der Waals surface area contributed by atoms with Crippen molar-refractivity contribution in [3.8, 4) is 0 Å². The van der Waals surface area contributed by atoms with E-state index in [0.29, 0.717) is 5.56 Å². The molecule has 2 aromatic carbocycles. The smallest absolute Gasteiger partial charge is 0.271 e. The summed E-state index contributed by atoms with van der Waals surface area (Å²) in [5.74, 6) is -0.0471. The number of carbonyl (C=O) groups excluding carboxylic acids is 1. The van der Waals surface area contributed by atoms with E-state index in [1.165, 1.54) is 5.56 Å². The van der Waals surface area contributed by atoms with Crippen LogP contribution in [0.1, 0.15) is 42.6 Å². The molecule has 2 aromatic rings. The van der Waals surface area contributed by atoms with E-state index >= 15 is 0 Å². The lowest BCUT2D eigenvalue weighted by Crippen LogP contribution is -2.22. The van der Waals surface area contributed by atoms with E-state index in [0.717, 1.165) is 18.8 Å². The van der Waals surface area contributed by atoms with Crippen LogP contribution in [0.25, 0.3) is 0 Å². The van der Waals surface area contributed by atoms with Gasteiger partial charge in [-0.3, -0.25) is 4.79 Å². The van der Waals surface area contributed by atoms with Gasteiger partial charge in [0.05, 0.1) is 0 Å². The molecule has 2 rings (SSSR count).